The monoisotopic (exact) mass is 155 g/mol. The highest BCUT2D eigenvalue weighted by molar-refractivity contribution is 4.86. The summed E-state index contributed by atoms with van der Waals surface area (Å²) in [6.45, 7) is 9.58. The minimum atomic E-state index is 0.641. The lowest BCUT2D eigenvalue weighted by molar-refractivity contribution is -0.000668. The maximum absolute atomic E-state index is 3.50. The van der Waals surface area contributed by atoms with Crippen LogP contribution in [0.25, 0.3) is 0 Å². The van der Waals surface area contributed by atoms with E-state index in [1.807, 2.05) is 0 Å². The van der Waals surface area contributed by atoms with Gasteiger partial charge in [0.1, 0.15) is 0 Å². The highest BCUT2D eigenvalue weighted by Crippen LogP contribution is 2.12. The second-order valence-corrected chi connectivity index (χ2v) is 3.41. The first-order chi connectivity index (χ1) is 5.40. The van der Waals surface area contributed by atoms with Crippen molar-refractivity contribution in [3.05, 3.63) is 0 Å². The van der Waals surface area contributed by atoms with Gasteiger partial charge in [-0.15, -0.1) is 0 Å². The molecular formula is C8H17N3. The molecule has 1 unspecified atom stereocenters. The van der Waals surface area contributed by atoms with E-state index in [4.69, 9.17) is 0 Å². The van der Waals surface area contributed by atoms with E-state index in [2.05, 4.69) is 22.0 Å². The Morgan fingerprint density at radius 3 is 2.45 bits per heavy atom. The van der Waals surface area contributed by atoms with E-state index >= 15 is 0 Å². The Morgan fingerprint density at radius 1 is 1.27 bits per heavy atom. The summed E-state index contributed by atoms with van der Waals surface area (Å²) < 4.78 is 0. The first kappa shape index (κ1) is 7.53. The SMILES string of the molecule is CCNC1CN2CCN1CC2. The average molecular weight is 155 g/mol. The van der Waals surface area contributed by atoms with Crippen molar-refractivity contribution in [3.8, 4) is 0 Å². The van der Waals surface area contributed by atoms with Crippen LogP contribution in [0.2, 0.25) is 0 Å². The van der Waals surface area contributed by atoms with E-state index in [0.717, 1.165) is 6.54 Å². The summed E-state index contributed by atoms with van der Waals surface area (Å²) in [6.07, 6.45) is 0.641. The fourth-order valence-corrected chi connectivity index (χ4v) is 2.05. The highest BCUT2D eigenvalue weighted by Gasteiger charge is 2.30. The van der Waals surface area contributed by atoms with Crippen LogP contribution in [0, 0.1) is 0 Å². The maximum Gasteiger partial charge on any atom is 0.0729 e. The predicted molar refractivity (Wildman–Crippen MR) is 45.5 cm³/mol. The van der Waals surface area contributed by atoms with Crippen LogP contribution in [0.5, 0.6) is 0 Å². The van der Waals surface area contributed by atoms with Crippen molar-refractivity contribution >= 4 is 0 Å². The quantitative estimate of drug-likeness (QED) is 0.583. The summed E-state index contributed by atoms with van der Waals surface area (Å²) in [5.41, 5.74) is 0. The van der Waals surface area contributed by atoms with Crippen molar-refractivity contribution in [2.45, 2.75) is 13.1 Å². The third kappa shape index (κ3) is 1.41. The lowest BCUT2D eigenvalue weighted by atomic mass is 10.2. The molecule has 0 spiro atoms. The molecule has 3 heteroatoms. The third-order valence-electron chi connectivity index (χ3n) is 2.72. The second-order valence-electron chi connectivity index (χ2n) is 3.41. The molecule has 3 aliphatic rings. The molecule has 0 aromatic carbocycles. The van der Waals surface area contributed by atoms with E-state index in [1.54, 1.807) is 0 Å². The Morgan fingerprint density at radius 2 is 2.00 bits per heavy atom. The maximum atomic E-state index is 3.50. The molecule has 3 nitrogen and oxygen atoms in total. The van der Waals surface area contributed by atoms with Gasteiger partial charge < -0.3 is 5.32 Å². The van der Waals surface area contributed by atoms with Gasteiger partial charge in [0.15, 0.2) is 0 Å². The molecule has 1 N–H and O–H groups in total. The number of hydrogen-bond acceptors (Lipinski definition) is 3. The van der Waals surface area contributed by atoms with Crippen LogP contribution in [-0.2, 0) is 0 Å². The minimum absolute atomic E-state index is 0.641. The van der Waals surface area contributed by atoms with Gasteiger partial charge in [-0.2, -0.15) is 0 Å². The molecule has 3 rings (SSSR count). The number of nitrogens with one attached hydrogen (secondary N) is 1. The first-order valence-corrected chi connectivity index (χ1v) is 4.60. The van der Waals surface area contributed by atoms with Gasteiger partial charge in [0, 0.05) is 32.7 Å². The topological polar surface area (TPSA) is 18.5 Å². The molecule has 3 aliphatic heterocycles. The van der Waals surface area contributed by atoms with E-state index in [0.29, 0.717) is 6.17 Å². The Bertz CT molecular complexity index is 129. The molecule has 0 aromatic heterocycles. The van der Waals surface area contributed by atoms with Crippen molar-refractivity contribution in [1.29, 1.82) is 0 Å². The van der Waals surface area contributed by atoms with Gasteiger partial charge in [-0.25, -0.2) is 0 Å². The molecule has 11 heavy (non-hydrogen) atoms. The lowest BCUT2D eigenvalue weighted by Gasteiger charge is -2.47. The van der Waals surface area contributed by atoms with Crippen molar-refractivity contribution in [3.63, 3.8) is 0 Å². The Balaban J connectivity index is 1.92. The highest BCUT2D eigenvalue weighted by atomic mass is 15.4. The number of piperazine rings is 3. The molecule has 3 fully saturated rings. The first-order valence-electron chi connectivity index (χ1n) is 4.60. The molecule has 1 atom stereocenters. The molecule has 2 bridgehead atoms. The van der Waals surface area contributed by atoms with Gasteiger partial charge in [-0.3, -0.25) is 9.80 Å². The zero-order valence-electron chi connectivity index (χ0n) is 7.21. The van der Waals surface area contributed by atoms with Crippen molar-refractivity contribution < 1.29 is 0 Å². The van der Waals surface area contributed by atoms with Gasteiger partial charge in [0.2, 0.25) is 0 Å². The van der Waals surface area contributed by atoms with Crippen molar-refractivity contribution in [2.75, 3.05) is 39.3 Å². The molecule has 3 heterocycles. The van der Waals surface area contributed by atoms with Gasteiger partial charge in [0.25, 0.3) is 0 Å². The normalized spacial score (nSPS) is 42.8. The van der Waals surface area contributed by atoms with E-state index in [-0.39, 0.29) is 0 Å². The summed E-state index contributed by atoms with van der Waals surface area (Å²) in [5, 5.41) is 3.50. The molecule has 0 aromatic rings. The molecule has 0 aliphatic carbocycles. The average Bonchev–Trinajstić information content (AvgIpc) is 2.07. The molecule has 64 valence electrons. The van der Waals surface area contributed by atoms with E-state index < -0.39 is 0 Å². The summed E-state index contributed by atoms with van der Waals surface area (Å²) in [6, 6.07) is 0. The van der Waals surface area contributed by atoms with Crippen molar-refractivity contribution in [2.24, 2.45) is 0 Å². The Hall–Kier alpha value is -0.120. The predicted octanol–water partition coefficient (Wildman–Crippen LogP) is -0.447. The Kier molecular flexibility index (Phi) is 2.11. The van der Waals surface area contributed by atoms with Crippen LogP contribution >= 0.6 is 0 Å². The zero-order chi connectivity index (χ0) is 7.68. The van der Waals surface area contributed by atoms with Gasteiger partial charge in [0.05, 0.1) is 6.17 Å². The van der Waals surface area contributed by atoms with Gasteiger partial charge in [-0.1, -0.05) is 6.92 Å². The van der Waals surface area contributed by atoms with Gasteiger partial charge >= 0.3 is 0 Å². The van der Waals surface area contributed by atoms with Crippen LogP contribution in [-0.4, -0.2) is 55.2 Å². The molecular weight excluding hydrogens is 138 g/mol. The summed E-state index contributed by atoms with van der Waals surface area (Å²) in [5.74, 6) is 0. The standard InChI is InChI=1S/C8H17N3/c1-2-9-8-7-10-3-5-11(8)6-4-10/h8-9H,2-7H2,1H3. The number of likely N-dealkylation sites (N-methyl/N-ethyl adjacent to an activating group) is 1. The molecule has 0 saturated carbocycles. The number of nitrogens with zero attached hydrogens (tertiary/aromatic N) is 2. The van der Waals surface area contributed by atoms with Crippen LogP contribution in [0.1, 0.15) is 6.92 Å². The van der Waals surface area contributed by atoms with Gasteiger partial charge in [-0.05, 0) is 6.54 Å². The van der Waals surface area contributed by atoms with E-state index in [9.17, 15) is 0 Å². The summed E-state index contributed by atoms with van der Waals surface area (Å²) in [4.78, 5) is 5.11. The fourth-order valence-electron chi connectivity index (χ4n) is 2.05. The van der Waals surface area contributed by atoms with Crippen LogP contribution < -0.4 is 5.32 Å². The van der Waals surface area contributed by atoms with Crippen LogP contribution in [0.3, 0.4) is 0 Å². The van der Waals surface area contributed by atoms with Crippen LogP contribution in [0.4, 0.5) is 0 Å². The number of rotatable bonds is 2. The van der Waals surface area contributed by atoms with Crippen LogP contribution in [0.15, 0.2) is 0 Å². The summed E-state index contributed by atoms with van der Waals surface area (Å²) >= 11 is 0. The lowest BCUT2D eigenvalue weighted by Crippen LogP contribution is -2.65. The molecule has 0 radical (unpaired) electrons. The minimum Gasteiger partial charge on any atom is -0.301 e. The Labute approximate surface area is 68.4 Å². The molecule has 0 amide bonds. The zero-order valence-corrected chi connectivity index (χ0v) is 7.21. The second kappa shape index (κ2) is 3.09. The number of fused-ring (bicyclic) bond motifs is 3. The fraction of sp³-hybridized carbons (Fsp3) is 1.00. The summed E-state index contributed by atoms with van der Waals surface area (Å²) in [7, 11) is 0. The van der Waals surface area contributed by atoms with Crippen molar-refractivity contribution in [1.82, 2.24) is 15.1 Å². The number of hydrogen-bond donors (Lipinski definition) is 1. The molecule has 3 saturated heterocycles. The third-order valence-corrected chi connectivity index (χ3v) is 2.72. The largest absolute Gasteiger partial charge is 0.301 e. The van der Waals surface area contributed by atoms with E-state index in [1.165, 1.54) is 32.7 Å². The smallest absolute Gasteiger partial charge is 0.0729 e.